The summed E-state index contributed by atoms with van der Waals surface area (Å²) >= 11 is 6.14. The first-order chi connectivity index (χ1) is 19.7. The van der Waals surface area contributed by atoms with E-state index in [9.17, 15) is 18.8 Å². The third-order valence-corrected chi connectivity index (χ3v) is 8.35. The summed E-state index contributed by atoms with van der Waals surface area (Å²) in [5.74, 6) is -1.49. The van der Waals surface area contributed by atoms with Gasteiger partial charge in [-0.3, -0.25) is 14.4 Å². The van der Waals surface area contributed by atoms with Crippen molar-refractivity contribution >= 4 is 40.2 Å². The summed E-state index contributed by atoms with van der Waals surface area (Å²) in [7, 11) is 0. The van der Waals surface area contributed by atoms with Crippen LogP contribution in [0.15, 0.2) is 66.7 Å². The number of rotatable bonds is 7. The Kier molecular flexibility index (Phi) is 7.03. The van der Waals surface area contributed by atoms with Gasteiger partial charge in [-0.05, 0) is 47.7 Å². The van der Waals surface area contributed by atoms with Crippen LogP contribution in [-0.4, -0.2) is 39.7 Å². The zero-order chi connectivity index (χ0) is 28.8. The van der Waals surface area contributed by atoms with Crippen molar-refractivity contribution in [2.24, 2.45) is 5.92 Å². The molecule has 1 aromatic heterocycles. The van der Waals surface area contributed by atoms with Gasteiger partial charge in [-0.15, -0.1) is 0 Å². The number of carbonyl (C=O) groups excluding carboxylic acids is 3. The smallest absolute Gasteiger partial charge is 0.255 e. The van der Waals surface area contributed by atoms with Gasteiger partial charge in [0, 0.05) is 45.7 Å². The lowest BCUT2D eigenvalue weighted by atomic mass is 9.89. The first-order valence-corrected chi connectivity index (χ1v) is 14.1. The number of halogens is 2. The van der Waals surface area contributed by atoms with Gasteiger partial charge in [-0.1, -0.05) is 67.9 Å². The second-order valence-electron chi connectivity index (χ2n) is 11.1. The highest BCUT2D eigenvalue weighted by Crippen LogP contribution is 2.46. The minimum absolute atomic E-state index is 0.0834. The molecule has 0 aliphatic carbocycles. The Morgan fingerprint density at radius 2 is 1.83 bits per heavy atom. The topological polar surface area (TPSA) is 94.3 Å². The second kappa shape index (κ2) is 10.7. The first kappa shape index (κ1) is 27.0. The van der Waals surface area contributed by atoms with E-state index in [0.717, 1.165) is 27.7 Å². The van der Waals surface area contributed by atoms with Crippen LogP contribution in [0.1, 0.15) is 59.1 Å². The van der Waals surface area contributed by atoms with Gasteiger partial charge in [0.1, 0.15) is 17.9 Å². The number of para-hydroxylation sites is 1. The van der Waals surface area contributed by atoms with Gasteiger partial charge in [0.25, 0.3) is 5.91 Å². The molecule has 3 N–H and O–H groups in total. The third-order valence-electron chi connectivity index (χ3n) is 8.00. The van der Waals surface area contributed by atoms with Crippen LogP contribution in [-0.2, 0) is 22.6 Å². The van der Waals surface area contributed by atoms with Crippen LogP contribution in [0.3, 0.4) is 0 Å². The van der Waals surface area contributed by atoms with E-state index in [2.05, 4.69) is 15.6 Å². The molecule has 0 radical (unpaired) electrons. The van der Waals surface area contributed by atoms with Crippen LogP contribution in [0.25, 0.3) is 10.9 Å². The number of nitrogens with zero attached hydrogens (tertiary/aromatic N) is 1. The van der Waals surface area contributed by atoms with Crippen molar-refractivity contribution in [1.82, 2.24) is 20.5 Å². The summed E-state index contributed by atoms with van der Waals surface area (Å²) in [4.78, 5) is 46.2. The number of hydrogen-bond acceptors (Lipinski definition) is 3. The number of benzene rings is 3. The maximum atomic E-state index is 14.3. The van der Waals surface area contributed by atoms with Crippen LogP contribution in [0.2, 0.25) is 5.02 Å². The quantitative estimate of drug-likeness (QED) is 0.281. The second-order valence-corrected chi connectivity index (χ2v) is 11.5. The molecule has 0 spiro atoms. The summed E-state index contributed by atoms with van der Waals surface area (Å²) in [6.45, 7) is 3.80. The Morgan fingerprint density at radius 3 is 2.61 bits per heavy atom. The molecule has 6 rings (SSSR count). The lowest BCUT2D eigenvalue weighted by molar-refractivity contribution is -0.132. The monoisotopic (exact) mass is 572 g/mol. The average molecular weight is 573 g/mol. The van der Waals surface area contributed by atoms with Gasteiger partial charge in [0.15, 0.2) is 0 Å². The van der Waals surface area contributed by atoms with E-state index < -0.39 is 35.8 Å². The van der Waals surface area contributed by atoms with Gasteiger partial charge in [0.05, 0.1) is 6.04 Å². The Bertz CT molecular complexity index is 1660. The highest BCUT2D eigenvalue weighted by Gasteiger charge is 2.49. The average Bonchev–Trinajstić information content (AvgIpc) is 3.47. The summed E-state index contributed by atoms with van der Waals surface area (Å²) in [6.07, 6.45) is 0.674. The van der Waals surface area contributed by atoms with E-state index in [1.54, 1.807) is 17.0 Å². The molecule has 41 heavy (non-hydrogen) atoms. The molecule has 3 atom stereocenters. The number of H-pyrrole nitrogens is 1. The fraction of sp³-hybridized carbons (Fsp3) is 0.281. The van der Waals surface area contributed by atoms with E-state index in [-0.39, 0.29) is 29.0 Å². The molecule has 0 fully saturated rings. The molecule has 3 unspecified atom stereocenters. The van der Waals surface area contributed by atoms with Gasteiger partial charge in [-0.25, -0.2) is 4.39 Å². The molecule has 0 bridgehead atoms. The number of carbonyl (C=O) groups is 3. The highest BCUT2D eigenvalue weighted by atomic mass is 35.5. The van der Waals surface area contributed by atoms with E-state index in [1.807, 2.05) is 56.3 Å². The van der Waals surface area contributed by atoms with Crippen molar-refractivity contribution in [3.05, 3.63) is 106 Å². The number of nitrogens with one attached hydrogen (secondary N) is 3. The minimum Gasteiger partial charge on any atom is -0.356 e. The highest BCUT2D eigenvalue weighted by molar-refractivity contribution is 6.31. The molecule has 210 valence electrons. The number of fused-ring (bicyclic) bond motifs is 7. The zero-order valence-corrected chi connectivity index (χ0v) is 23.5. The standard InChI is InChI=1S/C32H30ClFN4O3/c1-17(2)14-26(30(39)35-16-22-23(33)11-7-12-24(22)34)37-31(40)27-15-21-18-8-5-6-13-25(18)36-28(21)29-19-9-3-4-10-20(19)32(41)38(27)29/h3-13,17,26-27,29,36H,14-16H2,1-2H3,(H,35,39)(H,37,40). The number of amides is 3. The number of aromatic amines is 1. The fourth-order valence-corrected chi connectivity index (χ4v) is 6.34. The molecule has 3 amide bonds. The molecule has 7 nitrogen and oxygen atoms in total. The normalized spacial score (nSPS) is 18.2. The minimum atomic E-state index is -0.879. The Balaban J connectivity index is 1.30. The molecule has 3 aromatic carbocycles. The maximum absolute atomic E-state index is 14.3. The van der Waals surface area contributed by atoms with Crippen molar-refractivity contribution in [3.63, 3.8) is 0 Å². The van der Waals surface area contributed by atoms with Gasteiger partial charge in [0.2, 0.25) is 11.8 Å². The van der Waals surface area contributed by atoms with Crippen LogP contribution < -0.4 is 10.6 Å². The van der Waals surface area contributed by atoms with E-state index in [4.69, 9.17) is 11.6 Å². The lowest BCUT2D eigenvalue weighted by Gasteiger charge is -2.37. The molecular formula is C32H30ClFN4O3. The molecule has 4 aromatic rings. The molecule has 0 saturated carbocycles. The largest absolute Gasteiger partial charge is 0.356 e. The first-order valence-electron chi connectivity index (χ1n) is 13.8. The van der Waals surface area contributed by atoms with Crippen LogP contribution in [0.5, 0.6) is 0 Å². The Morgan fingerprint density at radius 1 is 1.07 bits per heavy atom. The van der Waals surface area contributed by atoms with Crippen molar-refractivity contribution < 1.29 is 18.8 Å². The fourth-order valence-electron chi connectivity index (χ4n) is 6.11. The summed E-state index contributed by atoms with van der Waals surface area (Å²) in [6, 6.07) is 17.5. The molecule has 0 saturated heterocycles. The predicted octanol–water partition coefficient (Wildman–Crippen LogP) is 5.28. The summed E-state index contributed by atoms with van der Waals surface area (Å²) < 4.78 is 14.3. The SMILES string of the molecule is CC(C)CC(NC(=O)C1Cc2c([nH]c3ccccc23)C2c3ccccc3C(=O)N12)C(=O)NCc1c(F)cccc1Cl. The zero-order valence-electron chi connectivity index (χ0n) is 22.7. The molecule has 2 aliphatic heterocycles. The van der Waals surface area contributed by atoms with E-state index in [1.165, 1.54) is 12.1 Å². The van der Waals surface area contributed by atoms with Crippen molar-refractivity contribution in [2.75, 3.05) is 0 Å². The van der Waals surface area contributed by atoms with Crippen LogP contribution >= 0.6 is 11.6 Å². The molecule has 3 heterocycles. The molecular weight excluding hydrogens is 543 g/mol. The third kappa shape index (κ3) is 4.76. The maximum Gasteiger partial charge on any atom is 0.255 e. The number of hydrogen-bond donors (Lipinski definition) is 3. The summed E-state index contributed by atoms with van der Waals surface area (Å²) in [5.41, 5.74) is 4.44. The molecule has 9 heteroatoms. The number of aromatic nitrogens is 1. The van der Waals surface area contributed by atoms with Gasteiger partial charge >= 0.3 is 0 Å². The van der Waals surface area contributed by atoms with Crippen molar-refractivity contribution in [1.29, 1.82) is 0 Å². The van der Waals surface area contributed by atoms with Crippen LogP contribution in [0.4, 0.5) is 4.39 Å². The van der Waals surface area contributed by atoms with E-state index >= 15 is 0 Å². The van der Waals surface area contributed by atoms with Crippen molar-refractivity contribution in [2.45, 2.75) is 51.4 Å². The summed E-state index contributed by atoms with van der Waals surface area (Å²) in [5, 5.41) is 6.89. The Labute approximate surface area is 242 Å². The van der Waals surface area contributed by atoms with Crippen molar-refractivity contribution in [3.8, 4) is 0 Å². The molecule has 2 aliphatic rings. The van der Waals surface area contributed by atoms with Gasteiger partial charge in [-0.2, -0.15) is 0 Å². The Hall–Kier alpha value is -4.17. The lowest BCUT2D eigenvalue weighted by Crippen LogP contribution is -2.56. The van der Waals surface area contributed by atoms with Crippen LogP contribution in [0, 0.1) is 11.7 Å². The van der Waals surface area contributed by atoms with Gasteiger partial charge < -0.3 is 20.5 Å². The van der Waals surface area contributed by atoms with E-state index in [0.29, 0.717) is 18.4 Å². The predicted molar refractivity (Wildman–Crippen MR) is 155 cm³/mol.